The van der Waals surface area contributed by atoms with Crippen LogP contribution in [0, 0.1) is 11.8 Å². The molecule has 9 nitrogen and oxygen atoms in total. The largest absolute Gasteiger partial charge is 0.477 e. The highest BCUT2D eigenvalue weighted by Crippen LogP contribution is 2.47. The van der Waals surface area contributed by atoms with Crippen molar-refractivity contribution in [1.29, 1.82) is 0 Å². The molecule has 148 valence electrons. The Balaban J connectivity index is 1.72. The smallest absolute Gasteiger partial charge is 0.352 e. The second-order valence-corrected chi connectivity index (χ2v) is 9.01. The lowest BCUT2D eigenvalue weighted by molar-refractivity contribution is -0.163. The van der Waals surface area contributed by atoms with Crippen LogP contribution in [-0.2, 0) is 19.6 Å². The predicted molar refractivity (Wildman–Crippen MR) is 97.6 cm³/mol. The molecule has 0 aromatic heterocycles. The van der Waals surface area contributed by atoms with Crippen LogP contribution in [-0.4, -0.2) is 64.7 Å². The lowest BCUT2D eigenvalue weighted by Gasteiger charge is -2.46. The number of fused-ring (bicyclic) bond motifs is 2. The third-order valence-electron chi connectivity index (χ3n) is 5.62. The van der Waals surface area contributed by atoms with E-state index in [1.54, 1.807) is 25.1 Å². The van der Waals surface area contributed by atoms with Crippen LogP contribution in [0.3, 0.4) is 0 Å². The number of carboxylic acids is 1. The van der Waals surface area contributed by atoms with Gasteiger partial charge >= 0.3 is 5.97 Å². The van der Waals surface area contributed by atoms with Crippen molar-refractivity contribution in [3.63, 3.8) is 0 Å². The number of β-lactam (4-membered cyclic amide) rings is 1. The Morgan fingerprint density at radius 3 is 2.64 bits per heavy atom. The van der Waals surface area contributed by atoms with E-state index in [0.29, 0.717) is 11.1 Å². The van der Waals surface area contributed by atoms with E-state index in [1.165, 1.54) is 19.2 Å². The van der Waals surface area contributed by atoms with E-state index in [0.717, 1.165) is 9.31 Å². The average Bonchev–Trinajstić information content (AvgIpc) is 2.86. The van der Waals surface area contributed by atoms with Gasteiger partial charge in [0.1, 0.15) is 5.70 Å². The van der Waals surface area contributed by atoms with Gasteiger partial charge < -0.3 is 15.1 Å². The topological polar surface area (TPSA) is 128 Å². The van der Waals surface area contributed by atoms with E-state index in [-0.39, 0.29) is 17.1 Å². The first-order valence-electron chi connectivity index (χ1n) is 8.79. The number of amides is 1. The van der Waals surface area contributed by atoms with Crippen LogP contribution in [0.2, 0.25) is 0 Å². The van der Waals surface area contributed by atoms with Crippen molar-refractivity contribution in [2.45, 2.75) is 30.9 Å². The van der Waals surface area contributed by atoms with Gasteiger partial charge in [-0.15, -0.1) is 0 Å². The van der Waals surface area contributed by atoms with Crippen LogP contribution in [0.1, 0.15) is 19.4 Å². The van der Waals surface area contributed by atoms with Gasteiger partial charge in [-0.25, -0.2) is 4.79 Å². The summed E-state index contributed by atoms with van der Waals surface area (Å²) in [5, 5.41) is 23.6. The van der Waals surface area contributed by atoms with Crippen LogP contribution in [0.15, 0.2) is 45.5 Å². The molecule has 4 atom stereocenters. The Morgan fingerprint density at radius 2 is 2.00 bits per heavy atom. The molecule has 0 spiro atoms. The number of aliphatic hydroxyl groups is 1. The van der Waals surface area contributed by atoms with Gasteiger partial charge in [0.15, 0.2) is 0 Å². The molecule has 0 unspecified atom stereocenters. The summed E-state index contributed by atoms with van der Waals surface area (Å²) in [4.78, 5) is 25.5. The van der Waals surface area contributed by atoms with E-state index < -0.39 is 45.9 Å². The first kappa shape index (κ1) is 18.6. The quantitative estimate of drug-likeness (QED) is 0.690. The highest BCUT2D eigenvalue weighted by atomic mass is 32.2. The number of carboxylic acid groups (broad SMARTS) is 1. The second kappa shape index (κ2) is 6.14. The molecule has 1 amide bonds. The summed E-state index contributed by atoms with van der Waals surface area (Å²) >= 11 is 0. The van der Waals surface area contributed by atoms with E-state index >= 15 is 0 Å². The predicted octanol–water partition coefficient (Wildman–Crippen LogP) is 0.221. The van der Waals surface area contributed by atoms with Gasteiger partial charge in [0.05, 0.1) is 35.7 Å². The highest BCUT2D eigenvalue weighted by Gasteiger charge is 2.60. The molecule has 3 heterocycles. The van der Waals surface area contributed by atoms with Gasteiger partial charge in [-0.2, -0.15) is 17.9 Å². The molecule has 1 fully saturated rings. The number of carbonyl (C=O) groups is 2. The molecule has 0 bridgehead atoms. The minimum absolute atomic E-state index is 0.0920. The summed E-state index contributed by atoms with van der Waals surface area (Å²) in [6.07, 6.45) is 0.490. The SMILES string of the molecule is C[C@@H](O)[C@H]1C(=O)N2C(C(=O)O)=C(CN3N=Cc4ccccc4S3(=O)=O)[C@H](C)[C@H]12. The molecule has 4 rings (SSSR count). The van der Waals surface area contributed by atoms with Crippen molar-refractivity contribution in [3.05, 3.63) is 41.1 Å². The Labute approximate surface area is 161 Å². The van der Waals surface area contributed by atoms with Crippen LogP contribution in [0.4, 0.5) is 0 Å². The van der Waals surface area contributed by atoms with E-state index in [1.807, 2.05) is 0 Å². The Morgan fingerprint density at radius 1 is 1.32 bits per heavy atom. The molecule has 0 radical (unpaired) electrons. The molecule has 1 saturated heterocycles. The number of hydrazone groups is 1. The minimum atomic E-state index is -3.95. The zero-order chi connectivity index (χ0) is 20.4. The summed E-state index contributed by atoms with van der Waals surface area (Å²) in [5.74, 6) is -2.90. The Hall–Kier alpha value is -2.72. The van der Waals surface area contributed by atoms with Crippen LogP contribution in [0.5, 0.6) is 0 Å². The van der Waals surface area contributed by atoms with Crippen LogP contribution >= 0.6 is 0 Å². The lowest BCUT2D eigenvalue weighted by atomic mass is 9.78. The molecule has 3 aliphatic rings. The fourth-order valence-electron chi connectivity index (χ4n) is 4.25. The number of aliphatic hydroxyl groups excluding tert-OH is 1. The summed E-state index contributed by atoms with van der Waals surface area (Å²) < 4.78 is 26.7. The molecule has 10 heteroatoms. The van der Waals surface area contributed by atoms with Crippen molar-refractivity contribution in [3.8, 4) is 0 Å². The van der Waals surface area contributed by atoms with Gasteiger partial charge in [-0.3, -0.25) is 4.79 Å². The summed E-state index contributed by atoms with van der Waals surface area (Å²) in [6, 6.07) is 5.90. The third-order valence-corrected chi connectivity index (χ3v) is 7.33. The fraction of sp³-hybridized carbons (Fsp3) is 0.389. The average molecular weight is 405 g/mol. The van der Waals surface area contributed by atoms with Gasteiger partial charge in [-0.05, 0) is 18.6 Å². The number of rotatable bonds is 4. The van der Waals surface area contributed by atoms with Gasteiger partial charge in [-0.1, -0.05) is 25.1 Å². The van der Waals surface area contributed by atoms with Crippen molar-refractivity contribution in [1.82, 2.24) is 9.31 Å². The van der Waals surface area contributed by atoms with Crippen molar-refractivity contribution in [2.24, 2.45) is 16.9 Å². The summed E-state index contributed by atoms with van der Waals surface area (Å²) in [6.45, 7) is 2.95. The fourth-order valence-corrected chi connectivity index (χ4v) is 5.63. The minimum Gasteiger partial charge on any atom is -0.477 e. The molecular formula is C18H19N3O6S. The molecular weight excluding hydrogens is 386 g/mol. The number of sulfonamides is 1. The van der Waals surface area contributed by atoms with Crippen LogP contribution < -0.4 is 0 Å². The number of hydrogen-bond acceptors (Lipinski definition) is 6. The van der Waals surface area contributed by atoms with Crippen LogP contribution in [0.25, 0.3) is 0 Å². The van der Waals surface area contributed by atoms with Crippen molar-refractivity contribution in [2.75, 3.05) is 6.54 Å². The van der Waals surface area contributed by atoms with Gasteiger partial charge in [0.25, 0.3) is 10.0 Å². The highest BCUT2D eigenvalue weighted by molar-refractivity contribution is 7.89. The molecule has 28 heavy (non-hydrogen) atoms. The van der Waals surface area contributed by atoms with Crippen molar-refractivity contribution >= 4 is 28.1 Å². The molecule has 3 aliphatic heterocycles. The standard InChI is InChI=1S/C18H19N3O6S/c1-9-12(16(18(24)25)21-15(9)14(10(2)22)17(21)23)8-20-19-7-11-5-3-4-6-13(11)28(20,26)27/h3-7,9-10,14-15,22H,8H2,1-2H3,(H,24,25)/t9-,10+,14+,15+/m0/s1. The van der Waals surface area contributed by atoms with E-state index in [4.69, 9.17) is 0 Å². The number of carbonyl (C=O) groups excluding carboxylic acids is 1. The zero-order valence-electron chi connectivity index (χ0n) is 15.2. The first-order valence-corrected chi connectivity index (χ1v) is 10.2. The Kier molecular flexibility index (Phi) is 4.09. The zero-order valence-corrected chi connectivity index (χ0v) is 16.0. The number of benzene rings is 1. The molecule has 0 aliphatic carbocycles. The van der Waals surface area contributed by atoms with Gasteiger partial charge in [0.2, 0.25) is 5.91 Å². The molecule has 2 N–H and O–H groups in total. The Bertz CT molecular complexity index is 1050. The number of nitrogens with zero attached hydrogens (tertiary/aromatic N) is 3. The lowest BCUT2D eigenvalue weighted by Crippen LogP contribution is -2.63. The maximum Gasteiger partial charge on any atom is 0.352 e. The van der Waals surface area contributed by atoms with Crippen molar-refractivity contribution < 1.29 is 28.2 Å². The third kappa shape index (κ3) is 2.41. The first-order chi connectivity index (χ1) is 13.2. The van der Waals surface area contributed by atoms with E-state index in [2.05, 4.69) is 5.10 Å². The maximum atomic E-state index is 12.9. The van der Waals surface area contributed by atoms with Gasteiger partial charge in [0, 0.05) is 11.5 Å². The molecule has 1 aromatic carbocycles. The molecule has 1 aromatic rings. The monoisotopic (exact) mass is 405 g/mol. The normalized spacial score (nSPS) is 28.7. The second-order valence-electron chi connectivity index (χ2n) is 7.20. The maximum absolute atomic E-state index is 12.9. The number of aliphatic carboxylic acids is 1. The summed E-state index contributed by atoms with van der Waals surface area (Å²) in [7, 11) is -3.95. The number of hydrogen-bond donors (Lipinski definition) is 2. The summed E-state index contributed by atoms with van der Waals surface area (Å²) in [5.41, 5.74) is 0.539. The van der Waals surface area contributed by atoms with E-state index in [9.17, 15) is 28.2 Å². The molecule has 0 saturated carbocycles.